The Labute approximate surface area is 274 Å². The molecule has 0 nitrogen and oxygen atoms in total. The van der Waals surface area contributed by atoms with Crippen LogP contribution in [-0.4, -0.2) is 0 Å². The second-order valence-corrected chi connectivity index (χ2v) is 102. The van der Waals surface area contributed by atoms with Gasteiger partial charge in [-0.15, -0.1) is 0 Å². The van der Waals surface area contributed by atoms with Gasteiger partial charge in [-0.05, 0) is 201 Å². The quantitative estimate of drug-likeness (QED) is 0.253. The summed E-state index contributed by atoms with van der Waals surface area (Å²) in [6, 6.07) is 0. The standard InChI is InChI=1S/H2S30/c1-22(2,3)26(11,12)24(7,8)21-25(9,10)28(15,16)30(19,20)29(17,18)27(13,14)23(4,5)6/h(H,1,2,3)(H,4,5,6). The lowest BCUT2D eigenvalue weighted by molar-refractivity contribution is 5.05. The Kier molecular flexibility index (Phi) is 15.5. The van der Waals surface area contributed by atoms with E-state index < -0.39 is 46.9 Å². The highest BCUT2D eigenvalue weighted by atomic mass is 34.4. The van der Waals surface area contributed by atoms with Crippen molar-refractivity contribution in [3.8, 4) is 0 Å². The van der Waals surface area contributed by atoms with Gasteiger partial charge in [-0.25, -0.2) is 0 Å². The summed E-state index contributed by atoms with van der Waals surface area (Å²) in [5, 5.41) is -26.0. The van der Waals surface area contributed by atoms with E-state index in [1.165, 1.54) is 0 Å². The van der Waals surface area contributed by atoms with E-state index in [2.05, 4.69) is 23.3 Å². The molecule has 0 unspecified atom stereocenters. The van der Waals surface area contributed by atoms with Crippen LogP contribution in [0.3, 0.4) is 0 Å². The Hall–Kier alpha value is 8.16. The summed E-state index contributed by atoms with van der Waals surface area (Å²) in [4.78, 5) is 0. The van der Waals surface area contributed by atoms with Crippen LogP contribution in [0.25, 0.3) is 0 Å². The summed E-state index contributed by atoms with van der Waals surface area (Å²) < 4.78 is 0. The van der Waals surface area contributed by atoms with E-state index in [9.17, 15) is 0 Å². The first-order valence-electron chi connectivity index (χ1n) is 4.87. The summed E-state index contributed by atoms with van der Waals surface area (Å²) >= 11 is 108. The Morgan fingerprint density at radius 2 is 0.567 bits per heavy atom. The van der Waals surface area contributed by atoms with Crippen molar-refractivity contribution in [3.05, 3.63) is 0 Å². The minimum atomic E-state index is -3.12. The molecule has 0 spiro atoms. The third kappa shape index (κ3) is 7.51. The zero-order valence-corrected chi connectivity index (χ0v) is 37.0. The first-order chi connectivity index (χ1) is 12.5. The van der Waals surface area contributed by atoms with Crippen molar-refractivity contribution in [3.63, 3.8) is 0 Å². The van der Waals surface area contributed by atoms with Gasteiger partial charge < -0.3 is 0 Å². The second-order valence-electron chi connectivity index (χ2n) is 3.78. The van der Waals surface area contributed by atoms with Crippen molar-refractivity contribution in [1.29, 1.82) is 0 Å². The molecule has 0 aliphatic rings. The van der Waals surface area contributed by atoms with Gasteiger partial charge in [0.25, 0.3) is 0 Å². The van der Waals surface area contributed by atoms with Crippen molar-refractivity contribution in [2.75, 3.05) is 0 Å². The lowest BCUT2D eigenvalue weighted by atomic mass is 29.7. The van der Waals surface area contributed by atoms with Crippen LogP contribution in [0.2, 0.25) is 0 Å². The van der Waals surface area contributed by atoms with Crippen molar-refractivity contribution in [2.24, 2.45) is 0 Å². The maximum Gasteiger partial charge on any atom is 0.0451 e. The Morgan fingerprint density at radius 1 is 0.333 bits per heavy atom. The van der Waals surface area contributed by atoms with Crippen LogP contribution in [0, 0.1) is 0 Å². The van der Waals surface area contributed by atoms with Crippen LogP contribution in [-0.2, 0) is 248 Å². The molecule has 0 aliphatic carbocycles. The van der Waals surface area contributed by atoms with E-state index in [-0.39, 0.29) is 0 Å². The molecule has 0 radical (unpaired) electrons. The molecule has 0 aromatic heterocycles. The summed E-state index contributed by atoms with van der Waals surface area (Å²) in [5.74, 6) is 0. The van der Waals surface area contributed by atoms with Crippen molar-refractivity contribution < 1.29 is 0 Å². The van der Waals surface area contributed by atoms with Gasteiger partial charge >= 0.3 is 0 Å². The van der Waals surface area contributed by atoms with E-state index in [4.69, 9.17) is 201 Å². The third-order valence-electron chi connectivity index (χ3n) is 1.93. The zero-order chi connectivity index (χ0) is 25.2. The van der Waals surface area contributed by atoms with Gasteiger partial charge in [-0.1, -0.05) is 23.3 Å². The zero-order valence-electron chi connectivity index (χ0n) is 12.3. The van der Waals surface area contributed by atoms with E-state index in [0.29, 0.717) is 0 Å². The monoisotopic (exact) mass is 961 g/mol. The highest BCUT2D eigenvalue weighted by Crippen LogP contribution is 2.41. The molecular weight excluding hydrogens is 962 g/mol. The fourth-order valence-corrected chi connectivity index (χ4v) is 167. The van der Waals surface area contributed by atoms with Crippen molar-refractivity contribution in [1.82, 2.24) is 0 Å². The molecular formula is H2S30. The third-order valence-corrected chi connectivity index (χ3v) is 157. The van der Waals surface area contributed by atoms with Gasteiger partial charge in [0.05, 0.1) is 0 Å². The molecule has 0 aliphatic heterocycles. The largest absolute Gasteiger partial charge is 0.0917 e. The van der Waals surface area contributed by atoms with E-state index in [0.717, 1.165) is 9.83 Å². The van der Waals surface area contributed by atoms with Gasteiger partial charge in [0.15, 0.2) is 0 Å². The molecule has 182 valence electrons. The first kappa shape index (κ1) is 38.2. The predicted octanol–water partition coefficient (Wildman–Crippen LogP) is 1.34. The number of hydrogen-bond donors (Lipinski definition) is 2. The minimum Gasteiger partial charge on any atom is -0.0917 e. The van der Waals surface area contributed by atoms with E-state index >= 15 is 0 Å². The van der Waals surface area contributed by atoms with Crippen LogP contribution in [0.4, 0.5) is 0 Å². The molecule has 0 N–H and O–H groups in total. The normalized spacial score (nSPS) is 16.2. The van der Waals surface area contributed by atoms with Gasteiger partial charge in [-0.3, -0.25) is 0 Å². The SMILES string of the molecule is S=S(=S)(S)S(=S)(=S)S(=S)(=S)SS(=S)(=S)S(=S)(=S)S(=S)(=S)S(=S)(=S)S(=S)(=S)S(=S)(=S)S. The maximum absolute atomic E-state index is 5.70. The average Bonchev–Trinajstić information content (AvgIpc) is 2.42. The van der Waals surface area contributed by atoms with E-state index in [1.54, 1.807) is 0 Å². The Morgan fingerprint density at radius 3 is 0.833 bits per heavy atom. The lowest BCUT2D eigenvalue weighted by Gasteiger charge is -2.29. The summed E-state index contributed by atoms with van der Waals surface area (Å²) in [6.45, 7) is 0. The van der Waals surface area contributed by atoms with E-state index in [1.807, 2.05) is 0 Å². The molecule has 0 amide bonds. The summed E-state index contributed by atoms with van der Waals surface area (Å²) in [7, 11) is 0.813. The number of rotatable bonds is 9. The topological polar surface area (TPSA) is 0 Å². The molecule has 0 aromatic carbocycles. The molecule has 0 saturated carbocycles. The first-order valence-corrected chi connectivity index (χ1v) is 43.8. The predicted molar refractivity (Wildman–Crippen MR) is 224 cm³/mol. The smallest absolute Gasteiger partial charge is 0.0451 e. The molecule has 0 rings (SSSR count). The fourth-order valence-electron chi connectivity index (χ4n) is 0.687. The summed E-state index contributed by atoms with van der Waals surface area (Å²) in [5.41, 5.74) is 0. The molecule has 30 heavy (non-hydrogen) atoms. The molecule has 0 bridgehead atoms. The van der Waals surface area contributed by atoms with Crippen LogP contribution < -0.4 is 0 Å². The molecule has 0 fully saturated rings. The lowest BCUT2D eigenvalue weighted by Crippen LogP contribution is -2.30. The van der Waals surface area contributed by atoms with Crippen molar-refractivity contribution >= 4 is 281 Å². The summed E-state index contributed by atoms with van der Waals surface area (Å²) in [6.07, 6.45) is 0. The van der Waals surface area contributed by atoms with Gasteiger partial charge in [-0.2, -0.15) is 0 Å². The minimum absolute atomic E-state index is 0.813. The second kappa shape index (κ2) is 12.2. The van der Waals surface area contributed by atoms with Gasteiger partial charge in [0.2, 0.25) is 0 Å². The molecule has 0 aromatic rings. The van der Waals surface area contributed by atoms with Gasteiger partial charge in [0, 0.05) is 56.7 Å². The molecule has 30 heteroatoms. The fraction of sp³-hybridized carbons (Fsp3) is 0. The van der Waals surface area contributed by atoms with Gasteiger partial charge in [0.1, 0.15) is 0 Å². The van der Waals surface area contributed by atoms with Crippen LogP contribution in [0.15, 0.2) is 0 Å². The highest BCUT2D eigenvalue weighted by molar-refractivity contribution is 9.72. The number of thiol groups is 2. The maximum atomic E-state index is 5.70. The van der Waals surface area contributed by atoms with Crippen LogP contribution in [0.5, 0.6) is 0 Å². The molecule has 0 heterocycles. The Bertz CT molecular complexity index is 1690. The van der Waals surface area contributed by atoms with Crippen LogP contribution in [0.1, 0.15) is 0 Å². The average molecular weight is 964 g/mol. The molecule has 0 atom stereocenters. The Balaban J connectivity index is 7.19. The highest BCUT2D eigenvalue weighted by Gasteiger charge is 2.37. The van der Waals surface area contributed by atoms with Crippen LogP contribution >= 0.6 is 33.1 Å². The molecule has 0 saturated heterocycles. The van der Waals surface area contributed by atoms with Crippen molar-refractivity contribution in [2.45, 2.75) is 0 Å². The number of hydrogen-bond acceptors (Lipinski definition) is 19.